The van der Waals surface area contributed by atoms with Crippen molar-refractivity contribution >= 4 is 32.8 Å². The van der Waals surface area contributed by atoms with E-state index in [4.69, 9.17) is 5.11 Å². The van der Waals surface area contributed by atoms with Crippen molar-refractivity contribution in [2.24, 2.45) is 0 Å². The van der Waals surface area contributed by atoms with Crippen LogP contribution in [0.3, 0.4) is 0 Å². The van der Waals surface area contributed by atoms with E-state index in [1.165, 1.54) is 4.68 Å². The Bertz CT molecular complexity index is 533. The first-order valence-corrected chi connectivity index (χ1v) is 5.22. The molecule has 2 rings (SSSR count). The number of aromatic nitrogens is 2. The smallest absolute Gasteiger partial charge is 0.325 e. The van der Waals surface area contributed by atoms with Crippen molar-refractivity contribution < 1.29 is 9.90 Å². The molecule has 1 aromatic heterocycles. The van der Waals surface area contributed by atoms with Gasteiger partial charge in [-0.25, -0.2) is 0 Å². The van der Waals surface area contributed by atoms with Gasteiger partial charge in [0.1, 0.15) is 12.1 Å². The van der Waals surface area contributed by atoms with Gasteiger partial charge in [-0.1, -0.05) is 12.1 Å². The minimum atomic E-state index is -0.887. The third-order valence-corrected chi connectivity index (χ3v) is 2.91. The van der Waals surface area contributed by atoms with Crippen LogP contribution in [0.1, 0.15) is 5.69 Å². The van der Waals surface area contributed by atoms with Gasteiger partial charge in [-0.3, -0.25) is 9.48 Å². The van der Waals surface area contributed by atoms with Gasteiger partial charge in [-0.05, 0) is 28.9 Å². The lowest BCUT2D eigenvalue weighted by Gasteiger charge is -1.97. The van der Waals surface area contributed by atoms with Gasteiger partial charge in [-0.2, -0.15) is 5.10 Å². The van der Waals surface area contributed by atoms with Crippen LogP contribution in [-0.4, -0.2) is 20.9 Å². The number of rotatable bonds is 2. The van der Waals surface area contributed by atoms with Crippen molar-refractivity contribution in [1.29, 1.82) is 0 Å². The van der Waals surface area contributed by atoms with Gasteiger partial charge in [0.05, 0.1) is 0 Å². The summed E-state index contributed by atoms with van der Waals surface area (Å²) in [5.74, 6) is -0.887. The molecular weight excluding hydrogens is 260 g/mol. The van der Waals surface area contributed by atoms with Gasteiger partial charge in [-0.15, -0.1) is 0 Å². The fraction of sp³-hybridized carbons (Fsp3) is 0.200. The van der Waals surface area contributed by atoms with Crippen molar-refractivity contribution in [3.05, 3.63) is 28.4 Å². The third-order valence-electron chi connectivity index (χ3n) is 2.27. The summed E-state index contributed by atoms with van der Waals surface area (Å²) in [6.07, 6.45) is 0. The molecule has 0 atom stereocenters. The maximum atomic E-state index is 10.6. The highest BCUT2D eigenvalue weighted by Gasteiger charge is 2.11. The number of aryl methyl sites for hydroxylation is 1. The molecule has 78 valence electrons. The van der Waals surface area contributed by atoms with Gasteiger partial charge < -0.3 is 5.11 Å². The molecule has 0 aliphatic heterocycles. The molecule has 0 unspecified atom stereocenters. The normalized spacial score (nSPS) is 10.8. The minimum absolute atomic E-state index is 0.104. The molecule has 0 fully saturated rings. The van der Waals surface area contributed by atoms with Crippen LogP contribution in [-0.2, 0) is 11.3 Å². The number of fused-ring (bicyclic) bond motifs is 1. The number of hydrogen-bond donors (Lipinski definition) is 1. The Labute approximate surface area is 94.6 Å². The molecule has 0 aliphatic rings. The Hall–Kier alpha value is -1.36. The summed E-state index contributed by atoms with van der Waals surface area (Å²) >= 11 is 3.39. The van der Waals surface area contributed by atoms with E-state index in [1.54, 1.807) is 0 Å². The van der Waals surface area contributed by atoms with E-state index in [1.807, 2.05) is 25.1 Å². The van der Waals surface area contributed by atoms with E-state index in [0.717, 1.165) is 21.1 Å². The summed E-state index contributed by atoms with van der Waals surface area (Å²) in [6, 6.07) is 5.73. The van der Waals surface area contributed by atoms with Crippen LogP contribution < -0.4 is 0 Å². The quantitative estimate of drug-likeness (QED) is 0.909. The monoisotopic (exact) mass is 268 g/mol. The molecule has 1 aromatic carbocycles. The van der Waals surface area contributed by atoms with Crippen LogP contribution in [0.4, 0.5) is 0 Å². The van der Waals surface area contributed by atoms with Crippen molar-refractivity contribution in [2.45, 2.75) is 13.5 Å². The summed E-state index contributed by atoms with van der Waals surface area (Å²) in [4.78, 5) is 10.6. The van der Waals surface area contributed by atoms with Crippen molar-refractivity contribution in [3.8, 4) is 0 Å². The van der Waals surface area contributed by atoms with E-state index >= 15 is 0 Å². The summed E-state index contributed by atoms with van der Waals surface area (Å²) in [6.45, 7) is 1.76. The Morgan fingerprint density at radius 2 is 2.33 bits per heavy atom. The highest BCUT2D eigenvalue weighted by molar-refractivity contribution is 9.10. The second-order valence-electron chi connectivity index (χ2n) is 3.27. The number of hydrogen-bond acceptors (Lipinski definition) is 2. The molecule has 0 radical (unpaired) electrons. The van der Waals surface area contributed by atoms with Crippen LogP contribution in [0.2, 0.25) is 0 Å². The number of nitrogens with zero attached hydrogens (tertiary/aromatic N) is 2. The molecule has 0 spiro atoms. The Morgan fingerprint density at radius 3 is 2.93 bits per heavy atom. The first-order chi connectivity index (χ1) is 7.09. The Balaban J connectivity index is 2.64. The van der Waals surface area contributed by atoms with E-state index in [2.05, 4.69) is 21.0 Å². The van der Waals surface area contributed by atoms with Crippen molar-refractivity contribution in [2.75, 3.05) is 0 Å². The molecule has 1 N–H and O–H groups in total. The molecule has 0 bridgehead atoms. The van der Waals surface area contributed by atoms with Gasteiger partial charge in [0.15, 0.2) is 0 Å². The zero-order valence-electron chi connectivity index (χ0n) is 8.07. The number of benzene rings is 1. The number of carboxylic acids is 1. The average Bonchev–Trinajstić information content (AvgIpc) is 2.46. The maximum absolute atomic E-state index is 10.6. The van der Waals surface area contributed by atoms with Crippen LogP contribution in [0, 0.1) is 6.92 Å². The lowest BCUT2D eigenvalue weighted by molar-refractivity contribution is -0.137. The second-order valence-corrected chi connectivity index (χ2v) is 4.13. The minimum Gasteiger partial charge on any atom is -0.480 e. The molecule has 1 heterocycles. The lowest BCUT2D eigenvalue weighted by Crippen LogP contribution is -2.11. The molecule has 15 heavy (non-hydrogen) atoms. The van der Waals surface area contributed by atoms with E-state index in [9.17, 15) is 4.79 Å². The number of aliphatic carboxylic acids is 1. The summed E-state index contributed by atoms with van der Waals surface area (Å²) < 4.78 is 2.38. The van der Waals surface area contributed by atoms with Crippen LogP contribution in [0.15, 0.2) is 22.7 Å². The Kier molecular flexibility index (Phi) is 2.48. The molecule has 5 heteroatoms. The average molecular weight is 269 g/mol. The van der Waals surface area contributed by atoms with Gasteiger partial charge in [0, 0.05) is 15.6 Å². The fourth-order valence-electron chi connectivity index (χ4n) is 1.53. The first-order valence-electron chi connectivity index (χ1n) is 4.43. The number of halogens is 1. The molecule has 4 nitrogen and oxygen atoms in total. The standard InChI is InChI=1S/C10H9BrN2O2/c1-6-7-3-2-4-8(11)10(7)12-13(6)5-9(14)15/h2-4H,5H2,1H3,(H,14,15). The molecule has 2 aromatic rings. The number of carboxylic acid groups (broad SMARTS) is 1. The zero-order chi connectivity index (χ0) is 11.0. The summed E-state index contributed by atoms with van der Waals surface area (Å²) in [5.41, 5.74) is 1.67. The predicted molar refractivity (Wildman–Crippen MR) is 59.8 cm³/mol. The van der Waals surface area contributed by atoms with Crippen LogP contribution in [0.5, 0.6) is 0 Å². The second kappa shape index (κ2) is 3.66. The van der Waals surface area contributed by atoms with E-state index in [-0.39, 0.29) is 6.54 Å². The molecular formula is C10H9BrN2O2. The van der Waals surface area contributed by atoms with E-state index < -0.39 is 5.97 Å². The highest BCUT2D eigenvalue weighted by Crippen LogP contribution is 2.24. The largest absolute Gasteiger partial charge is 0.480 e. The summed E-state index contributed by atoms with van der Waals surface area (Å²) in [7, 11) is 0. The molecule has 0 aliphatic carbocycles. The summed E-state index contributed by atoms with van der Waals surface area (Å²) in [5, 5.41) is 13.9. The topological polar surface area (TPSA) is 55.1 Å². The van der Waals surface area contributed by atoms with Gasteiger partial charge in [0.2, 0.25) is 0 Å². The van der Waals surface area contributed by atoms with Crippen molar-refractivity contribution in [1.82, 2.24) is 9.78 Å². The first kappa shape index (κ1) is 10.2. The fourth-order valence-corrected chi connectivity index (χ4v) is 1.97. The van der Waals surface area contributed by atoms with Gasteiger partial charge in [0.25, 0.3) is 0 Å². The van der Waals surface area contributed by atoms with Crippen molar-refractivity contribution in [3.63, 3.8) is 0 Å². The molecule has 0 amide bonds. The Morgan fingerprint density at radius 1 is 1.60 bits per heavy atom. The lowest BCUT2D eigenvalue weighted by atomic mass is 10.2. The zero-order valence-corrected chi connectivity index (χ0v) is 9.65. The highest BCUT2D eigenvalue weighted by atomic mass is 79.9. The third kappa shape index (κ3) is 1.74. The maximum Gasteiger partial charge on any atom is 0.325 e. The van der Waals surface area contributed by atoms with Gasteiger partial charge >= 0.3 is 5.97 Å². The number of carbonyl (C=O) groups is 1. The van der Waals surface area contributed by atoms with Crippen LogP contribution >= 0.6 is 15.9 Å². The predicted octanol–water partition coefficient (Wildman–Crippen LogP) is 2.19. The SMILES string of the molecule is Cc1c2cccc(Br)c2nn1CC(=O)O. The van der Waals surface area contributed by atoms with E-state index in [0.29, 0.717) is 0 Å². The molecule has 0 saturated heterocycles. The van der Waals surface area contributed by atoms with Crippen LogP contribution in [0.25, 0.3) is 10.9 Å². The molecule has 0 saturated carbocycles.